The lowest BCUT2D eigenvalue weighted by molar-refractivity contribution is 0.101. The molecule has 5 rings (SSSR count). The average Bonchev–Trinajstić information content (AvgIpc) is 3.51. The number of benzene rings is 2. The Bertz CT molecular complexity index is 1400. The monoisotopic (exact) mass is 464 g/mol. The maximum Gasteiger partial charge on any atom is 0.296 e. The second-order valence-electron chi connectivity index (χ2n) is 8.95. The molecule has 1 amide bonds. The topological polar surface area (TPSA) is 103 Å². The van der Waals surface area contributed by atoms with Crippen LogP contribution in [-0.2, 0) is 5.41 Å². The highest BCUT2D eigenvalue weighted by atomic mass is 16.2. The molecule has 9 heteroatoms. The zero-order valence-corrected chi connectivity index (χ0v) is 19.6. The molecule has 2 aromatic carbocycles. The van der Waals surface area contributed by atoms with Crippen LogP contribution in [0.15, 0.2) is 85.2 Å². The number of nitrogens with one attached hydrogen (secondary N) is 1. The SMILES string of the molecule is CC(C)(C)c1cc(NC(=O)c2nc(-c3ccccc3)n(-c3ccccc3)n2)n(-c2ncccn2)n1. The first kappa shape index (κ1) is 22.1. The summed E-state index contributed by atoms with van der Waals surface area (Å²) in [5.41, 5.74) is 2.19. The number of carbonyl (C=O) groups is 1. The van der Waals surface area contributed by atoms with Gasteiger partial charge in [0.15, 0.2) is 5.82 Å². The smallest absolute Gasteiger partial charge is 0.296 e. The van der Waals surface area contributed by atoms with Crippen molar-refractivity contribution in [3.05, 3.63) is 96.7 Å². The molecule has 0 atom stereocenters. The minimum absolute atomic E-state index is 0.0340. The fraction of sp³-hybridized carbons (Fsp3) is 0.154. The molecule has 3 aromatic heterocycles. The van der Waals surface area contributed by atoms with E-state index in [0.29, 0.717) is 17.6 Å². The molecule has 0 aliphatic carbocycles. The molecule has 3 heterocycles. The first-order chi connectivity index (χ1) is 16.9. The second kappa shape index (κ2) is 8.94. The average molecular weight is 465 g/mol. The molecule has 5 aromatic rings. The van der Waals surface area contributed by atoms with E-state index in [-0.39, 0.29) is 11.2 Å². The van der Waals surface area contributed by atoms with E-state index in [1.807, 2.05) is 87.5 Å². The van der Waals surface area contributed by atoms with Crippen LogP contribution in [0.2, 0.25) is 0 Å². The minimum Gasteiger partial charge on any atom is -0.304 e. The third-order valence-corrected chi connectivity index (χ3v) is 5.30. The Morgan fingerprint density at radius 1 is 0.829 bits per heavy atom. The van der Waals surface area contributed by atoms with Gasteiger partial charge in [0.2, 0.25) is 5.82 Å². The van der Waals surface area contributed by atoms with Gasteiger partial charge in [-0.25, -0.2) is 19.6 Å². The van der Waals surface area contributed by atoms with Crippen molar-refractivity contribution in [1.29, 1.82) is 0 Å². The lowest BCUT2D eigenvalue weighted by Crippen LogP contribution is -2.17. The van der Waals surface area contributed by atoms with Gasteiger partial charge in [-0.05, 0) is 18.2 Å². The molecule has 0 aliphatic rings. The van der Waals surface area contributed by atoms with Crippen molar-refractivity contribution in [3.63, 3.8) is 0 Å². The summed E-state index contributed by atoms with van der Waals surface area (Å²) in [6, 6.07) is 22.8. The number of aromatic nitrogens is 7. The minimum atomic E-state index is -0.464. The van der Waals surface area contributed by atoms with E-state index in [9.17, 15) is 4.79 Å². The van der Waals surface area contributed by atoms with E-state index in [0.717, 1.165) is 16.9 Å². The van der Waals surface area contributed by atoms with Gasteiger partial charge in [0.05, 0.1) is 11.4 Å². The van der Waals surface area contributed by atoms with E-state index in [1.54, 1.807) is 23.1 Å². The van der Waals surface area contributed by atoms with Gasteiger partial charge in [0.25, 0.3) is 11.9 Å². The molecule has 1 N–H and O–H groups in total. The molecule has 0 fully saturated rings. The summed E-state index contributed by atoms with van der Waals surface area (Å²) in [5.74, 6) is 0.924. The van der Waals surface area contributed by atoms with Crippen molar-refractivity contribution in [1.82, 2.24) is 34.5 Å². The zero-order valence-electron chi connectivity index (χ0n) is 19.6. The zero-order chi connectivity index (χ0) is 24.4. The Morgan fingerprint density at radius 2 is 1.49 bits per heavy atom. The van der Waals surface area contributed by atoms with Crippen LogP contribution in [0, 0.1) is 0 Å². The lowest BCUT2D eigenvalue weighted by atomic mass is 9.92. The number of anilines is 1. The van der Waals surface area contributed by atoms with Crippen molar-refractivity contribution in [2.75, 3.05) is 5.32 Å². The summed E-state index contributed by atoms with van der Waals surface area (Å²) in [6.45, 7) is 6.14. The Morgan fingerprint density at radius 3 is 2.14 bits per heavy atom. The van der Waals surface area contributed by atoms with Crippen LogP contribution in [0.1, 0.15) is 37.1 Å². The van der Waals surface area contributed by atoms with Gasteiger partial charge in [0.1, 0.15) is 5.82 Å². The highest BCUT2D eigenvalue weighted by Gasteiger charge is 2.24. The maximum absolute atomic E-state index is 13.4. The summed E-state index contributed by atoms with van der Waals surface area (Å²) in [4.78, 5) is 26.5. The van der Waals surface area contributed by atoms with E-state index >= 15 is 0 Å². The molecule has 0 radical (unpaired) electrons. The number of amides is 1. The Hall–Kier alpha value is -4.66. The van der Waals surface area contributed by atoms with Gasteiger partial charge in [0, 0.05) is 29.4 Å². The number of nitrogens with zero attached hydrogens (tertiary/aromatic N) is 7. The van der Waals surface area contributed by atoms with E-state index in [4.69, 9.17) is 0 Å². The molecule has 0 saturated heterocycles. The fourth-order valence-corrected chi connectivity index (χ4v) is 3.49. The molecule has 0 unspecified atom stereocenters. The van der Waals surface area contributed by atoms with Crippen molar-refractivity contribution in [2.45, 2.75) is 26.2 Å². The lowest BCUT2D eigenvalue weighted by Gasteiger charge is -2.13. The fourth-order valence-electron chi connectivity index (χ4n) is 3.49. The van der Waals surface area contributed by atoms with Crippen LogP contribution in [0.4, 0.5) is 5.82 Å². The van der Waals surface area contributed by atoms with E-state index in [1.165, 1.54) is 4.68 Å². The molecule has 9 nitrogen and oxygen atoms in total. The predicted octanol–water partition coefficient (Wildman–Crippen LogP) is 4.46. The number of para-hydroxylation sites is 1. The summed E-state index contributed by atoms with van der Waals surface area (Å²) < 4.78 is 3.19. The van der Waals surface area contributed by atoms with Gasteiger partial charge in [-0.15, -0.1) is 5.10 Å². The molecule has 0 spiro atoms. The van der Waals surface area contributed by atoms with Crippen LogP contribution in [-0.4, -0.2) is 40.4 Å². The summed E-state index contributed by atoms with van der Waals surface area (Å²) in [7, 11) is 0. The number of hydrogen-bond donors (Lipinski definition) is 1. The van der Waals surface area contributed by atoms with Gasteiger partial charge >= 0.3 is 0 Å². The molecule has 35 heavy (non-hydrogen) atoms. The predicted molar refractivity (Wildman–Crippen MR) is 133 cm³/mol. The van der Waals surface area contributed by atoms with Crippen molar-refractivity contribution in [3.8, 4) is 23.0 Å². The highest BCUT2D eigenvalue weighted by Crippen LogP contribution is 2.26. The standard InChI is InChI=1S/C26H24N8O/c1-26(2,3)20-17-21(34(31-20)25-27-15-10-16-28-25)29-24(35)22-30-23(18-11-6-4-7-12-18)33(32-22)19-13-8-5-9-14-19/h4-17H,1-3H3,(H,29,35). The van der Waals surface area contributed by atoms with Crippen molar-refractivity contribution < 1.29 is 4.79 Å². The third kappa shape index (κ3) is 4.56. The number of carbonyl (C=O) groups excluding carboxylic acids is 1. The van der Waals surface area contributed by atoms with Gasteiger partial charge < -0.3 is 5.32 Å². The molecular formula is C26H24N8O. The van der Waals surface area contributed by atoms with Crippen LogP contribution in [0.25, 0.3) is 23.0 Å². The Balaban J connectivity index is 1.55. The maximum atomic E-state index is 13.4. The van der Waals surface area contributed by atoms with Crippen LogP contribution >= 0.6 is 0 Å². The molecule has 0 aliphatic heterocycles. The summed E-state index contributed by atoms with van der Waals surface area (Å²) in [5, 5.41) is 12.1. The van der Waals surface area contributed by atoms with Gasteiger partial charge in [-0.3, -0.25) is 4.79 Å². The largest absolute Gasteiger partial charge is 0.304 e. The number of rotatable bonds is 5. The normalized spacial score (nSPS) is 11.4. The first-order valence-corrected chi connectivity index (χ1v) is 11.2. The van der Waals surface area contributed by atoms with Crippen LogP contribution in [0.3, 0.4) is 0 Å². The third-order valence-electron chi connectivity index (χ3n) is 5.30. The Labute approximate surface area is 202 Å². The molecule has 0 bridgehead atoms. The van der Waals surface area contributed by atoms with E-state index in [2.05, 4.69) is 30.5 Å². The molecule has 174 valence electrons. The molecule has 0 saturated carbocycles. The summed E-state index contributed by atoms with van der Waals surface area (Å²) in [6.07, 6.45) is 3.25. The van der Waals surface area contributed by atoms with Gasteiger partial charge in [-0.2, -0.15) is 9.78 Å². The quantitative estimate of drug-likeness (QED) is 0.412. The highest BCUT2D eigenvalue weighted by molar-refractivity contribution is 6.01. The number of hydrogen-bond acceptors (Lipinski definition) is 6. The Kier molecular flexibility index (Phi) is 5.66. The van der Waals surface area contributed by atoms with Crippen molar-refractivity contribution in [2.24, 2.45) is 0 Å². The second-order valence-corrected chi connectivity index (χ2v) is 8.95. The summed E-state index contributed by atoms with van der Waals surface area (Å²) >= 11 is 0. The first-order valence-electron chi connectivity index (χ1n) is 11.2. The van der Waals surface area contributed by atoms with E-state index < -0.39 is 5.91 Å². The van der Waals surface area contributed by atoms with Crippen LogP contribution < -0.4 is 5.32 Å². The van der Waals surface area contributed by atoms with Crippen LogP contribution in [0.5, 0.6) is 0 Å². The van der Waals surface area contributed by atoms with Crippen molar-refractivity contribution >= 4 is 11.7 Å². The van der Waals surface area contributed by atoms with Gasteiger partial charge in [-0.1, -0.05) is 69.3 Å². The molecular weight excluding hydrogens is 440 g/mol.